The molecule has 28 heavy (non-hydrogen) atoms. The van der Waals surface area contributed by atoms with E-state index in [0.717, 1.165) is 11.1 Å². The Morgan fingerprint density at radius 1 is 1.07 bits per heavy atom. The predicted molar refractivity (Wildman–Crippen MR) is 118 cm³/mol. The summed E-state index contributed by atoms with van der Waals surface area (Å²) in [6.45, 7) is 2.31. The first-order valence-corrected chi connectivity index (χ1v) is 10.9. The van der Waals surface area contributed by atoms with Crippen molar-refractivity contribution >= 4 is 46.8 Å². The molecule has 0 aliphatic heterocycles. The van der Waals surface area contributed by atoms with Gasteiger partial charge in [0.2, 0.25) is 11.8 Å². The van der Waals surface area contributed by atoms with E-state index >= 15 is 0 Å². The summed E-state index contributed by atoms with van der Waals surface area (Å²) in [4.78, 5) is 26.9. The van der Waals surface area contributed by atoms with Crippen molar-refractivity contribution < 1.29 is 9.59 Å². The van der Waals surface area contributed by atoms with Gasteiger partial charge in [-0.3, -0.25) is 9.59 Å². The van der Waals surface area contributed by atoms with E-state index in [2.05, 4.69) is 5.32 Å². The van der Waals surface area contributed by atoms with Gasteiger partial charge in [-0.05, 0) is 29.7 Å². The fourth-order valence-electron chi connectivity index (χ4n) is 2.83. The number of nitrogens with zero attached hydrogens (tertiary/aromatic N) is 1. The summed E-state index contributed by atoms with van der Waals surface area (Å²) >= 11 is 13.5. The second-order valence-electron chi connectivity index (χ2n) is 6.29. The summed E-state index contributed by atoms with van der Waals surface area (Å²) in [5.41, 5.74) is 1.99. The highest BCUT2D eigenvalue weighted by molar-refractivity contribution is 7.99. The maximum atomic E-state index is 13.0. The normalized spacial score (nSPS) is 11.7. The molecule has 0 heterocycles. The van der Waals surface area contributed by atoms with Crippen molar-refractivity contribution in [2.45, 2.75) is 31.7 Å². The lowest BCUT2D eigenvalue weighted by Crippen LogP contribution is -2.48. The van der Waals surface area contributed by atoms with Crippen LogP contribution in [-0.4, -0.2) is 35.6 Å². The van der Waals surface area contributed by atoms with Gasteiger partial charge in [-0.2, -0.15) is 0 Å². The highest BCUT2D eigenvalue weighted by atomic mass is 35.5. The fourth-order valence-corrected chi connectivity index (χ4v) is 4.01. The highest BCUT2D eigenvalue weighted by Crippen LogP contribution is 2.25. The molecule has 1 N–H and O–H groups in total. The molecule has 7 heteroatoms. The SMILES string of the molecule is CC[C@H](C(=O)NC)N(Cc1ccccc1)C(=O)CSCc1ccc(Cl)c(Cl)c1. The second kappa shape index (κ2) is 11.3. The van der Waals surface area contributed by atoms with Crippen molar-refractivity contribution in [2.24, 2.45) is 0 Å². The minimum absolute atomic E-state index is 0.0654. The number of carbonyl (C=O) groups is 2. The molecule has 4 nitrogen and oxygen atoms in total. The van der Waals surface area contributed by atoms with Gasteiger partial charge in [0, 0.05) is 19.3 Å². The standard InChI is InChI=1S/C21H24Cl2N2O2S/c1-3-19(21(27)24-2)25(12-15-7-5-4-6-8-15)20(26)14-28-13-16-9-10-17(22)18(23)11-16/h4-11,19H,3,12-14H2,1-2H3,(H,24,27)/t19-/m1/s1. The Bertz CT molecular complexity index is 802. The van der Waals surface area contributed by atoms with E-state index in [9.17, 15) is 9.59 Å². The predicted octanol–water partition coefficient (Wildman–Crippen LogP) is 4.78. The Hall–Kier alpha value is -1.69. The van der Waals surface area contributed by atoms with Crippen LogP contribution in [0.1, 0.15) is 24.5 Å². The number of thioether (sulfide) groups is 1. The number of hydrogen-bond donors (Lipinski definition) is 1. The molecule has 2 amide bonds. The Morgan fingerprint density at radius 3 is 2.39 bits per heavy atom. The first kappa shape index (κ1) is 22.6. The lowest BCUT2D eigenvalue weighted by atomic mass is 10.1. The van der Waals surface area contributed by atoms with Crippen LogP contribution < -0.4 is 5.32 Å². The van der Waals surface area contributed by atoms with E-state index in [1.165, 1.54) is 11.8 Å². The van der Waals surface area contributed by atoms with Crippen molar-refractivity contribution in [1.29, 1.82) is 0 Å². The zero-order valence-electron chi connectivity index (χ0n) is 16.0. The van der Waals surface area contributed by atoms with E-state index in [4.69, 9.17) is 23.2 Å². The molecule has 2 aromatic rings. The smallest absolute Gasteiger partial charge is 0.242 e. The molecule has 0 aromatic heterocycles. The van der Waals surface area contributed by atoms with Gasteiger partial charge in [0.25, 0.3) is 0 Å². The van der Waals surface area contributed by atoms with Gasteiger partial charge >= 0.3 is 0 Å². The molecule has 0 fully saturated rings. The molecule has 2 rings (SSSR count). The molecule has 0 aliphatic carbocycles. The molecule has 1 atom stereocenters. The fraction of sp³-hybridized carbons (Fsp3) is 0.333. The molecule has 0 saturated carbocycles. The van der Waals surface area contributed by atoms with E-state index < -0.39 is 6.04 Å². The van der Waals surface area contributed by atoms with E-state index in [0.29, 0.717) is 28.8 Å². The van der Waals surface area contributed by atoms with Gasteiger partial charge < -0.3 is 10.2 Å². The van der Waals surface area contributed by atoms with E-state index in [1.54, 1.807) is 18.0 Å². The average molecular weight is 439 g/mol. The molecule has 0 radical (unpaired) electrons. The van der Waals surface area contributed by atoms with Crippen molar-refractivity contribution in [1.82, 2.24) is 10.2 Å². The lowest BCUT2D eigenvalue weighted by molar-refractivity contribution is -0.139. The van der Waals surface area contributed by atoms with E-state index in [-0.39, 0.29) is 17.6 Å². The third kappa shape index (κ3) is 6.43. The summed E-state index contributed by atoms with van der Waals surface area (Å²) < 4.78 is 0. The minimum atomic E-state index is -0.497. The van der Waals surface area contributed by atoms with Gasteiger partial charge in [-0.15, -0.1) is 11.8 Å². The first-order valence-electron chi connectivity index (χ1n) is 9.03. The molecule has 0 unspecified atom stereocenters. The van der Waals surface area contributed by atoms with Crippen molar-refractivity contribution in [2.75, 3.05) is 12.8 Å². The van der Waals surface area contributed by atoms with Crippen LogP contribution in [0.3, 0.4) is 0 Å². The van der Waals surface area contributed by atoms with Crippen molar-refractivity contribution in [3.63, 3.8) is 0 Å². The molecular weight excluding hydrogens is 415 g/mol. The number of likely N-dealkylation sites (N-methyl/N-ethyl adjacent to an activating group) is 1. The highest BCUT2D eigenvalue weighted by Gasteiger charge is 2.27. The molecule has 0 aliphatic rings. The summed E-state index contributed by atoms with van der Waals surface area (Å²) in [6, 6.07) is 14.7. The van der Waals surface area contributed by atoms with Crippen molar-refractivity contribution in [3.05, 3.63) is 69.7 Å². The zero-order chi connectivity index (χ0) is 20.5. The molecule has 150 valence electrons. The number of hydrogen-bond acceptors (Lipinski definition) is 3. The first-order chi connectivity index (χ1) is 13.5. The van der Waals surface area contributed by atoms with Gasteiger partial charge in [-0.1, -0.05) is 66.5 Å². The molecule has 0 spiro atoms. The number of benzene rings is 2. The molecule has 2 aromatic carbocycles. The zero-order valence-corrected chi connectivity index (χ0v) is 18.3. The number of rotatable bonds is 9. The van der Waals surface area contributed by atoms with Crippen molar-refractivity contribution in [3.8, 4) is 0 Å². The topological polar surface area (TPSA) is 49.4 Å². The van der Waals surface area contributed by atoms with E-state index in [1.807, 2.05) is 49.4 Å². The third-order valence-corrected chi connectivity index (χ3v) is 6.03. The van der Waals surface area contributed by atoms with Gasteiger partial charge in [0.15, 0.2) is 0 Å². The summed E-state index contributed by atoms with van der Waals surface area (Å²) in [5.74, 6) is 0.699. The minimum Gasteiger partial charge on any atom is -0.357 e. The van der Waals surface area contributed by atoms with Crippen LogP contribution in [0, 0.1) is 0 Å². The molecule has 0 saturated heterocycles. The largest absolute Gasteiger partial charge is 0.357 e. The molecule has 0 bridgehead atoms. The van der Waals surface area contributed by atoms with Gasteiger partial charge in [-0.25, -0.2) is 0 Å². The maximum Gasteiger partial charge on any atom is 0.242 e. The number of amides is 2. The lowest BCUT2D eigenvalue weighted by Gasteiger charge is -2.30. The Morgan fingerprint density at radius 2 is 1.79 bits per heavy atom. The number of nitrogens with one attached hydrogen (secondary N) is 1. The van der Waals surface area contributed by atoms with Crippen LogP contribution in [0.4, 0.5) is 0 Å². The quantitative estimate of drug-likeness (QED) is 0.612. The average Bonchev–Trinajstić information content (AvgIpc) is 2.70. The number of halogens is 2. The van der Waals surface area contributed by atoms with Crippen LogP contribution in [0.5, 0.6) is 0 Å². The summed E-state index contributed by atoms with van der Waals surface area (Å²) in [5, 5.41) is 3.68. The van der Waals surface area contributed by atoms with Crippen LogP contribution in [0.2, 0.25) is 10.0 Å². The third-order valence-electron chi connectivity index (χ3n) is 4.31. The van der Waals surface area contributed by atoms with Crippen LogP contribution in [-0.2, 0) is 21.9 Å². The maximum absolute atomic E-state index is 13.0. The van der Waals surface area contributed by atoms with Gasteiger partial charge in [0.05, 0.1) is 15.8 Å². The summed E-state index contributed by atoms with van der Waals surface area (Å²) in [6.07, 6.45) is 0.551. The second-order valence-corrected chi connectivity index (χ2v) is 8.09. The van der Waals surface area contributed by atoms with Crippen LogP contribution in [0.15, 0.2) is 48.5 Å². The number of carbonyl (C=O) groups excluding carboxylic acids is 2. The van der Waals surface area contributed by atoms with Crippen LogP contribution >= 0.6 is 35.0 Å². The van der Waals surface area contributed by atoms with Gasteiger partial charge in [0.1, 0.15) is 6.04 Å². The Balaban J connectivity index is 2.06. The monoisotopic (exact) mass is 438 g/mol. The molecular formula is C21H24Cl2N2O2S. The summed E-state index contributed by atoms with van der Waals surface area (Å²) in [7, 11) is 1.59. The van der Waals surface area contributed by atoms with Crippen LogP contribution in [0.25, 0.3) is 0 Å². The Kier molecular flexibility index (Phi) is 9.16. The Labute approximate surface area is 180 Å².